The molecular weight excluding hydrogens is 420 g/mol. The van der Waals surface area contributed by atoms with Crippen LogP contribution >= 0.6 is 11.3 Å². The fourth-order valence-electron chi connectivity index (χ4n) is 5.90. The van der Waals surface area contributed by atoms with Gasteiger partial charge < -0.3 is 4.74 Å². The number of ether oxygens (including phenoxy) is 1. The van der Waals surface area contributed by atoms with Crippen LogP contribution in [0.25, 0.3) is 0 Å². The zero-order valence-electron chi connectivity index (χ0n) is 17.3. The summed E-state index contributed by atoms with van der Waals surface area (Å²) in [5, 5.41) is 0.409. The van der Waals surface area contributed by atoms with E-state index in [9.17, 15) is 13.2 Å². The Kier molecular flexibility index (Phi) is 4.52. The summed E-state index contributed by atoms with van der Waals surface area (Å²) in [5.74, 6) is 0.460. The quantitative estimate of drug-likeness (QED) is 0.715. The highest BCUT2D eigenvalue weighted by Gasteiger charge is 2.58. The minimum absolute atomic E-state index is 0.0278. The number of fused-ring (bicyclic) bond motifs is 4. The van der Waals surface area contributed by atoms with Crippen molar-refractivity contribution in [1.29, 1.82) is 0 Å². The van der Waals surface area contributed by atoms with Gasteiger partial charge in [0.1, 0.15) is 6.10 Å². The van der Waals surface area contributed by atoms with Gasteiger partial charge in [0.05, 0.1) is 16.5 Å². The number of anilines is 1. The minimum Gasteiger partial charge on any atom is -0.461 e. The molecule has 1 saturated carbocycles. The number of hydrogen-bond donors (Lipinski definition) is 1. The lowest BCUT2D eigenvalue weighted by molar-refractivity contribution is -0.149. The Hall–Kier alpha value is -1.93. The average molecular weight is 447 g/mol. The molecule has 2 fully saturated rings. The summed E-state index contributed by atoms with van der Waals surface area (Å²) >= 11 is 1.43. The zero-order chi connectivity index (χ0) is 21.3. The Bertz CT molecular complexity index is 1100. The van der Waals surface area contributed by atoms with Crippen molar-refractivity contribution in [1.82, 2.24) is 4.98 Å². The molecule has 0 bridgehead atoms. The molecule has 0 spiro atoms. The van der Waals surface area contributed by atoms with Gasteiger partial charge in [-0.15, -0.1) is 11.3 Å². The van der Waals surface area contributed by atoms with E-state index in [1.165, 1.54) is 11.3 Å². The highest BCUT2D eigenvalue weighted by atomic mass is 32.2. The number of benzene rings is 1. The molecule has 0 amide bonds. The number of nitrogens with zero attached hydrogens (tertiary/aromatic N) is 1. The van der Waals surface area contributed by atoms with Gasteiger partial charge in [0.2, 0.25) is 0 Å². The smallest absolute Gasteiger partial charge is 0.309 e. The van der Waals surface area contributed by atoms with Crippen LogP contribution in [-0.4, -0.2) is 25.5 Å². The van der Waals surface area contributed by atoms with Crippen molar-refractivity contribution in [2.75, 3.05) is 4.72 Å². The fraction of sp³-hybridized carbons (Fsp3) is 0.545. The predicted molar refractivity (Wildman–Crippen MR) is 115 cm³/mol. The summed E-state index contributed by atoms with van der Waals surface area (Å²) in [6.07, 6.45) is 2.82. The van der Waals surface area contributed by atoms with Crippen molar-refractivity contribution >= 4 is 32.5 Å². The lowest BCUT2D eigenvalue weighted by Gasteiger charge is -2.51. The summed E-state index contributed by atoms with van der Waals surface area (Å²) in [6.45, 7) is 6.42. The first kappa shape index (κ1) is 20.0. The number of sulfonamides is 1. The van der Waals surface area contributed by atoms with Crippen LogP contribution in [0.4, 0.5) is 5.13 Å². The normalized spacial score (nSPS) is 35.2. The van der Waals surface area contributed by atoms with Crippen molar-refractivity contribution in [2.24, 2.45) is 23.2 Å². The van der Waals surface area contributed by atoms with E-state index in [0.717, 1.165) is 29.8 Å². The van der Waals surface area contributed by atoms with Crippen molar-refractivity contribution < 1.29 is 17.9 Å². The van der Waals surface area contributed by atoms with Crippen LogP contribution in [0.5, 0.6) is 0 Å². The predicted octanol–water partition coefficient (Wildman–Crippen LogP) is 4.20. The van der Waals surface area contributed by atoms with E-state index >= 15 is 0 Å². The Labute approximate surface area is 181 Å². The molecule has 1 N–H and O–H groups in total. The summed E-state index contributed by atoms with van der Waals surface area (Å²) < 4.78 is 34.0. The van der Waals surface area contributed by atoms with E-state index in [1.807, 2.05) is 6.92 Å². The second-order valence-electron chi connectivity index (χ2n) is 9.28. The maximum atomic E-state index is 12.7. The second-order valence-corrected chi connectivity index (χ2v) is 12.0. The molecule has 160 valence electrons. The number of aromatic nitrogens is 1. The number of esters is 1. The van der Waals surface area contributed by atoms with Crippen molar-refractivity contribution in [2.45, 2.75) is 57.0 Å². The Morgan fingerprint density at radius 3 is 2.67 bits per heavy atom. The standard InChI is InChI=1S/C22H26N2O4S2/c1-12-15-9-10-22(3)11-16-18(13(2)17(22)19(15)28-20(12)25)23-21(29-16)24-30(26,27)14-7-5-4-6-8-14/h4-8,12-13,15,17,19H,9-11H2,1-3H3,(H,23,24)/t12-,13-,15-,17+,19-,22-/m0/s1. The largest absolute Gasteiger partial charge is 0.461 e. The molecule has 2 heterocycles. The molecule has 6 atom stereocenters. The van der Waals surface area contributed by atoms with E-state index in [2.05, 4.69) is 18.6 Å². The molecule has 1 aliphatic heterocycles. The number of carbonyl (C=O) groups excluding carboxylic acids is 1. The van der Waals surface area contributed by atoms with Gasteiger partial charge in [-0.25, -0.2) is 13.4 Å². The maximum absolute atomic E-state index is 12.7. The van der Waals surface area contributed by atoms with Gasteiger partial charge >= 0.3 is 5.97 Å². The molecule has 6 nitrogen and oxygen atoms in total. The number of nitrogens with one attached hydrogen (secondary N) is 1. The first-order valence-electron chi connectivity index (χ1n) is 10.5. The Morgan fingerprint density at radius 1 is 1.20 bits per heavy atom. The first-order valence-corrected chi connectivity index (χ1v) is 12.8. The van der Waals surface area contributed by atoms with Crippen molar-refractivity contribution in [3.05, 3.63) is 40.9 Å². The van der Waals surface area contributed by atoms with Crippen LogP contribution in [0.1, 0.15) is 50.1 Å². The molecule has 1 aromatic carbocycles. The first-order chi connectivity index (χ1) is 14.2. The molecule has 0 radical (unpaired) electrons. The SMILES string of the molecule is C[C@@H]1C(=O)O[C@H]2[C@H]1CC[C@@]1(C)Cc3sc(NS(=O)(=O)c4ccccc4)nc3[C@@H](C)[C@H]21. The molecule has 1 saturated heterocycles. The number of thiazole rings is 1. The Balaban J connectivity index is 1.47. The highest BCUT2D eigenvalue weighted by molar-refractivity contribution is 7.93. The van der Waals surface area contributed by atoms with Crippen molar-refractivity contribution in [3.63, 3.8) is 0 Å². The van der Waals surface area contributed by atoms with E-state index in [0.29, 0.717) is 5.13 Å². The van der Waals surface area contributed by atoms with E-state index in [1.54, 1.807) is 30.3 Å². The molecule has 8 heteroatoms. The van der Waals surface area contributed by atoms with Crippen LogP contribution < -0.4 is 4.72 Å². The lowest BCUT2D eigenvalue weighted by atomic mass is 9.54. The van der Waals surface area contributed by atoms with Gasteiger partial charge in [-0.1, -0.05) is 39.0 Å². The molecule has 0 unspecified atom stereocenters. The zero-order valence-corrected chi connectivity index (χ0v) is 18.9. The molecule has 2 aromatic rings. The number of carbonyl (C=O) groups is 1. The summed E-state index contributed by atoms with van der Waals surface area (Å²) in [6, 6.07) is 8.34. The van der Waals surface area contributed by atoms with Gasteiger partial charge in [-0.2, -0.15) is 0 Å². The monoisotopic (exact) mass is 446 g/mol. The molecule has 3 aliphatic rings. The average Bonchev–Trinajstić information content (AvgIpc) is 3.21. The van der Waals surface area contributed by atoms with E-state index in [-0.39, 0.29) is 46.1 Å². The number of rotatable bonds is 3. The van der Waals surface area contributed by atoms with Crippen LogP contribution in [0.2, 0.25) is 0 Å². The lowest BCUT2D eigenvalue weighted by Crippen LogP contribution is -2.50. The maximum Gasteiger partial charge on any atom is 0.309 e. The van der Waals surface area contributed by atoms with Gasteiger partial charge in [-0.3, -0.25) is 9.52 Å². The molecule has 30 heavy (non-hydrogen) atoms. The van der Waals surface area contributed by atoms with Gasteiger partial charge in [-0.05, 0) is 36.8 Å². The molecule has 1 aromatic heterocycles. The van der Waals surface area contributed by atoms with Gasteiger partial charge in [0, 0.05) is 22.6 Å². The van der Waals surface area contributed by atoms with Gasteiger partial charge in [0.15, 0.2) is 5.13 Å². The summed E-state index contributed by atoms with van der Waals surface area (Å²) in [7, 11) is -3.67. The minimum atomic E-state index is -3.67. The van der Waals surface area contributed by atoms with Crippen LogP contribution in [0.15, 0.2) is 35.2 Å². The van der Waals surface area contributed by atoms with E-state index < -0.39 is 10.0 Å². The third-order valence-corrected chi connectivity index (χ3v) is 9.90. The number of hydrogen-bond acceptors (Lipinski definition) is 6. The van der Waals surface area contributed by atoms with Crippen LogP contribution in [0.3, 0.4) is 0 Å². The van der Waals surface area contributed by atoms with Crippen molar-refractivity contribution in [3.8, 4) is 0 Å². The highest BCUT2D eigenvalue weighted by Crippen LogP contribution is 2.59. The van der Waals surface area contributed by atoms with E-state index in [4.69, 9.17) is 9.72 Å². The molecule has 2 aliphatic carbocycles. The third-order valence-electron chi connectivity index (χ3n) is 7.43. The van der Waals surface area contributed by atoms with Crippen LogP contribution in [0, 0.1) is 23.2 Å². The summed E-state index contributed by atoms with van der Waals surface area (Å²) in [5.41, 5.74) is 0.976. The third kappa shape index (κ3) is 2.99. The fourth-order valence-corrected chi connectivity index (χ4v) is 8.42. The topological polar surface area (TPSA) is 85.4 Å². The molecular formula is C22H26N2O4S2. The molecule has 5 rings (SSSR count). The van der Waals surface area contributed by atoms with Crippen LogP contribution in [-0.2, 0) is 26.0 Å². The van der Waals surface area contributed by atoms with Gasteiger partial charge in [0.25, 0.3) is 10.0 Å². The summed E-state index contributed by atoms with van der Waals surface area (Å²) in [4.78, 5) is 18.3. The second kappa shape index (κ2) is 6.79. The Morgan fingerprint density at radius 2 is 1.93 bits per heavy atom.